The molecule has 2 N–H and O–H groups in total. The van der Waals surface area contributed by atoms with Crippen LogP contribution < -0.4 is 5.32 Å². The number of aliphatic hydroxyl groups excluding tert-OH is 1. The van der Waals surface area contributed by atoms with Crippen molar-refractivity contribution in [3.63, 3.8) is 0 Å². The highest BCUT2D eigenvalue weighted by Gasteiger charge is 2.08. The van der Waals surface area contributed by atoms with Crippen LogP contribution in [0.2, 0.25) is 0 Å². The lowest BCUT2D eigenvalue weighted by molar-refractivity contribution is -0.121. The number of carbonyl (C=O) groups excluding carboxylic acids is 1. The van der Waals surface area contributed by atoms with Crippen LogP contribution in [0.5, 0.6) is 0 Å². The molecule has 1 unspecified atom stereocenters. The van der Waals surface area contributed by atoms with E-state index in [-0.39, 0.29) is 18.6 Å². The highest BCUT2D eigenvalue weighted by Crippen LogP contribution is 2.14. The predicted molar refractivity (Wildman–Crippen MR) is 79.4 cm³/mol. The Labute approximate surface area is 123 Å². The summed E-state index contributed by atoms with van der Waals surface area (Å²) < 4.78 is 1.51. The first kappa shape index (κ1) is 15.2. The van der Waals surface area contributed by atoms with E-state index in [4.69, 9.17) is 0 Å². The Kier molecular flexibility index (Phi) is 5.45. The van der Waals surface area contributed by atoms with E-state index < -0.39 is 0 Å². The molecule has 6 nitrogen and oxygen atoms in total. The van der Waals surface area contributed by atoms with Crippen LogP contribution >= 0.6 is 0 Å². The minimum Gasteiger partial charge on any atom is -0.393 e. The van der Waals surface area contributed by atoms with Gasteiger partial charge in [0.05, 0.1) is 12.3 Å². The molecular formula is C15H20N4O2. The number of rotatable bonds is 7. The molecule has 1 heterocycles. The summed E-state index contributed by atoms with van der Waals surface area (Å²) in [7, 11) is 0. The molecule has 0 aliphatic carbocycles. The van der Waals surface area contributed by atoms with Crippen molar-refractivity contribution in [2.24, 2.45) is 0 Å². The number of nitrogens with zero attached hydrogens (tertiary/aromatic N) is 3. The van der Waals surface area contributed by atoms with Crippen molar-refractivity contribution in [2.45, 2.75) is 32.4 Å². The topological polar surface area (TPSA) is 80.0 Å². The summed E-state index contributed by atoms with van der Waals surface area (Å²) in [5.41, 5.74) is 1.71. The number of nitrogens with one attached hydrogen (secondary N) is 1. The molecule has 0 saturated heterocycles. The molecule has 112 valence electrons. The van der Waals surface area contributed by atoms with Crippen LogP contribution in [-0.2, 0) is 11.3 Å². The van der Waals surface area contributed by atoms with Gasteiger partial charge >= 0.3 is 0 Å². The van der Waals surface area contributed by atoms with Crippen molar-refractivity contribution < 1.29 is 9.90 Å². The van der Waals surface area contributed by atoms with Crippen LogP contribution in [0.15, 0.2) is 36.5 Å². The van der Waals surface area contributed by atoms with Crippen LogP contribution in [-0.4, -0.2) is 38.7 Å². The molecule has 1 aromatic carbocycles. The average molecular weight is 288 g/mol. The second-order valence-corrected chi connectivity index (χ2v) is 4.87. The molecule has 0 radical (unpaired) electrons. The fraction of sp³-hybridized carbons (Fsp3) is 0.400. The average Bonchev–Trinajstić information content (AvgIpc) is 2.96. The molecule has 0 spiro atoms. The molecule has 1 amide bonds. The number of benzene rings is 1. The van der Waals surface area contributed by atoms with E-state index in [0.717, 1.165) is 11.3 Å². The predicted octanol–water partition coefficient (Wildman–Crippen LogP) is 1.22. The van der Waals surface area contributed by atoms with Crippen molar-refractivity contribution >= 4 is 5.91 Å². The van der Waals surface area contributed by atoms with Gasteiger partial charge in [0, 0.05) is 12.1 Å². The normalized spacial score (nSPS) is 12.1. The van der Waals surface area contributed by atoms with Gasteiger partial charge in [0.15, 0.2) is 0 Å². The van der Waals surface area contributed by atoms with E-state index in [9.17, 15) is 9.90 Å². The molecule has 2 aromatic rings. The Bertz CT molecular complexity index is 568. The third kappa shape index (κ3) is 4.68. The maximum absolute atomic E-state index is 11.7. The van der Waals surface area contributed by atoms with Gasteiger partial charge in [0.2, 0.25) is 5.91 Å². The Morgan fingerprint density at radius 1 is 1.38 bits per heavy atom. The largest absolute Gasteiger partial charge is 0.393 e. The van der Waals surface area contributed by atoms with Gasteiger partial charge in [-0.3, -0.25) is 4.79 Å². The van der Waals surface area contributed by atoms with Crippen LogP contribution in [0.4, 0.5) is 0 Å². The van der Waals surface area contributed by atoms with E-state index in [1.807, 2.05) is 37.3 Å². The molecule has 1 aromatic heterocycles. The van der Waals surface area contributed by atoms with Gasteiger partial charge in [-0.05, 0) is 12.8 Å². The fourth-order valence-corrected chi connectivity index (χ4v) is 1.90. The van der Waals surface area contributed by atoms with Crippen molar-refractivity contribution in [2.75, 3.05) is 6.54 Å². The highest BCUT2D eigenvalue weighted by molar-refractivity contribution is 5.75. The lowest BCUT2D eigenvalue weighted by Gasteiger charge is -2.08. The molecule has 21 heavy (non-hydrogen) atoms. The lowest BCUT2D eigenvalue weighted by Crippen LogP contribution is -2.30. The minimum atomic E-state index is -0.360. The lowest BCUT2D eigenvalue weighted by atomic mass is 10.2. The second-order valence-electron chi connectivity index (χ2n) is 4.87. The SMILES string of the molecule is CCC(O)CCNC(=O)Cn1cc(-c2ccccc2)nn1. The van der Waals surface area contributed by atoms with Crippen LogP contribution in [0.25, 0.3) is 11.3 Å². The van der Waals surface area contributed by atoms with Crippen molar-refractivity contribution in [1.29, 1.82) is 0 Å². The Morgan fingerprint density at radius 2 is 2.14 bits per heavy atom. The van der Waals surface area contributed by atoms with Crippen LogP contribution in [0.3, 0.4) is 0 Å². The number of hydrogen-bond acceptors (Lipinski definition) is 4. The quantitative estimate of drug-likeness (QED) is 0.803. The van der Waals surface area contributed by atoms with Gasteiger partial charge < -0.3 is 10.4 Å². The monoisotopic (exact) mass is 288 g/mol. The Balaban J connectivity index is 1.84. The molecule has 0 bridgehead atoms. The molecule has 0 saturated carbocycles. The summed E-state index contributed by atoms with van der Waals surface area (Å²) in [6.07, 6.45) is 2.64. The van der Waals surface area contributed by atoms with E-state index in [2.05, 4.69) is 15.6 Å². The summed E-state index contributed by atoms with van der Waals surface area (Å²) in [5.74, 6) is -0.136. The zero-order chi connectivity index (χ0) is 15.1. The molecule has 2 rings (SSSR count). The summed E-state index contributed by atoms with van der Waals surface area (Å²) in [6, 6.07) is 9.69. The number of carbonyl (C=O) groups is 1. The summed E-state index contributed by atoms with van der Waals surface area (Å²) >= 11 is 0. The van der Waals surface area contributed by atoms with E-state index in [1.165, 1.54) is 4.68 Å². The molecule has 0 fully saturated rings. The van der Waals surface area contributed by atoms with Crippen molar-refractivity contribution in [3.05, 3.63) is 36.5 Å². The maximum Gasteiger partial charge on any atom is 0.241 e. The smallest absolute Gasteiger partial charge is 0.241 e. The van der Waals surface area contributed by atoms with Crippen LogP contribution in [0, 0.1) is 0 Å². The van der Waals surface area contributed by atoms with Gasteiger partial charge in [-0.2, -0.15) is 0 Å². The third-order valence-corrected chi connectivity index (χ3v) is 3.18. The standard InChI is InChI=1S/C15H20N4O2/c1-2-13(20)8-9-16-15(21)11-19-10-14(17-18-19)12-6-4-3-5-7-12/h3-7,10,13,20H,2,8-9,11H2,1H3,(H,16,21). The molecule has 6 heteroatoms. The highest BCUT2D eigenvalue weighted by atomic mass is 16.3. The van der Waals surface area contributed by atoms with E-state index in [1.54, 1.807) is 6.20 Å². The Morgan fingerprint density at radius 3 is 2.86 bits per heavy atom. The third-order valence-electron chi connectivity index (χ3n) is 3.18. The molecule has 0 aliphatic rings. The first-order valence-corrected chi connectivity index (χ1v) is 7.09. The summed E-state index contributed by atoms with van der Waals surface area (Å²) in [4.78, 5) is 11.7. The molecular weight excluding hydrogens is 268 g/mol. The number of aliphatic hydroxyl groups is 1. The van der Waals surface area contributed by atoms with Crippen molar-refractivity contribution in [1.82, 2.24) is 20.3 Å². The number of hydrogen-bond donors (Lipinski definition) is 2. The maximum atomic E-state index is 11.7. The van der Waals surface area contributed by atoms with Gasteiger partial charge in [0.25, 0.3) is 0 Å². The summed E-state index contributed by atoms with van der Waals surface area (Å²) in [5, 5.41) is 20.2. The van der Waals surface area contributed by atoms with Crippen molar-refractivity contribution in [3.8, 4) is 11.3 Å². The van der Waals surface area contributed by atoms with Gasteiger partial charge in [-0.1, -0.05) is 42.5 Å². The van der Waals surface area contributed by atoms with Gasteiger partial charge in [-0.25, -0.2) is 4.68 Å². The first-order chi connectivity index (χ1) is 10.2. The van der Waals surface area contributed by atoms with Gasteiger partial charge in [0.1, 0.15) is 12.2 Å². The number of amides is 1. The Hall–Kier alpha value is -2.21. The zero-order valence-corrected chi connectivity index (χ0v) is 12.1. The minimum absolute atomic E-state index is 0.127. The first-order valence-electron chi connectivity index (χ1n) is 7.09. The molecule has 0 aliphatic heterocycles. The van der Waals surface area contributed by atoms with E-state index >= 15 is 0 Å². The molecule has 1 atom stereocenters. The summed E-state index contributed by atoms with van der Waals surface area (Å²) in [6.45, 7) is 2.50. The van der Waals surface area contributed by atoms with E-state index in [0.29, 0.717) is 19.4 Å². The zero-order valence-electron chi connectivity index (χ0n) is 12.1. The fourth-order valence-electron chi connectivity index (χ4n) is 1.90. The van der Waals surface area contributed by atoms with Gasteiger partial charge in [-0.15, -0.1) is 5.10 Å². The number of aromatic nitrogens is 3. The van der Waals surface area contributed by atoms with Crippen LogP contribution in [0.1, 0.15) is 19.8 Å². The second kappa shape index (κ2) is 7.54.